The molecule has 0 saturated carbocycles. The zero-order valence-electron chi connectivity index (χ0n) is 11.5. The van der Waals surface area contributed by atoms with Crippen LogP contribution in [-0.4, -0.2) is 24.0 Å². The van der Waals surface area contributed by atoms with Crippen molar-refractivity contribution in [3.05, 3.63) is 16.1 Å². The minimum atomic E-state index is 0. The third-order valence-corrected chi connectivity index (χ3v) is 3.60. The highest BCUT2D eigenvalue weighted by atomic mass is 127. The minimum absolute atomic E-state index is 0. The van der Waals surface area contributed by atoms with E-state index in [0.717, 1.165) is 31.0 Å². The number of guanidine groups is 1. The minimum Gasteiger partial charge on any atom is -0.354 e. The predicted octanol–water partition coefficient (Wildman–Crippen LogP) is 2.79. The summed E-state index contributed by atoms with van der Waals surface area (Å²) in [5, 5.41) is 9.88. The topological polar surface area (TPSA) is 49.3 Å². The van der Waals surface area contributed by atoms with Gasteiger partial charge in [0.15, 0.2) is 5.96 Å². The summed E-state index contributed by atoms with van der Waals surface area (Å²) < 4.78 is 0. The first kappa shape index (κ1) is 17.6. The lowest BCUT2D eigenvalue weighted by molar-refractivity contribution is 0.623. The number of halogens is 1. The van der Waals surface area contributed by atoms with Gasteiger partial charge < -0.3 is 10.6 Å². The average Bonchev–Trinajstić information content (AvgIpc) is 2.82. The van der Waals surface area contributed by atoms with Gasteiger partial charge in [-0.3, -0.25) is 4.99 Å². The smallest absolute Gasteiger partial charge is 0.191 e. The highest BCUT2D eigenvalue weighted by molar-refractivity contribution is 14.0. The monoisotopic (exact) mass is 382 g/mol. The van der Waals surface area contributed by atoms with E-state index in [1.54, 1.807) is 18.4 Å². The molecule has 4 nitrogen and oxygen atoms in total. The normalized spacial score (nSPS) is 12.8. The molecular formula is C12H23IN4S. The largest absolute Gasteiger partial charge is 0.354 e. The molecule has 1 aromatic rings. The van der Waals surface area contributed by atoms with E-state index in [4.69, 9.17) is 0 Å². The summed E-state index contributed by atoms with van der Waals surface area (Å²) in [5.41, 5.74) is 1.08. The number of nitrogens with one attached hydrogen (secondary N) is 2. The summed E-state index contributed by atoms with van der Waals surface area (Å²) >= 11 is 1.72. The van der Waals surface area contributed by atoms with Crippen molar-refractivity contribution in [1.29, 1.82) is 0 Å². The fraction of sp³-hybridized carbons (Fsp3) is 0.667. The van der Waals surface area contributed by atoms with Crippen LogP contribution in [0.5, 0.6) is 0 Å². The number of nitrogens with zero attached hydrogens (tertiary/aromatic N) is 2. The third-order valence-electron chi connectivity index (χ3n) is 2.56. The quantitative estimate of drug-likeness (QED) is 0.468. The van der Waals surface area contributed by atoms with E-state index >= 15 is 0 Å². The molecule has 1 rings (SSSR count). The second kappa shape index (κ2) is 9.55. The summed E-state index contributed by atoms with van der Waals surface area (Å²) in [6.07, 6.45) is 2.09. The third kappa shape index (κ3) is 5.99. The van der Waals surface area contributed by atoms with Crippen LogP contribution in [0.3, 0.4) is 0 Å². The number of rotatable bonds is 5. The van der Waals surface area contributed by atoms with Gasteiger partial charge in [0.1, 0.15) is 0 Å². The van der Waals surface area contributed by atoms with Crippen molar-refractivity contribution in [2.45, 2.75) is 46.2 Å². The SMILES string of the molecule is CCc1nc(CNC(=NC)NC(C)CC)cs1.I. The molecule has 1 unspecified atom stereocenters. The molecule has 1 heterocycles. The first-order valence-electron chi connectivity index (χ1n) is 6.10. The van der Waals surface area contributed by atoms with Gasteiger partial charge >= 0.3 is 0 Å². The first-order valence-corrected chi connectivity index (χ1v) is 6.98. The van der Waals surface area contributed by atoms with Crippen molar-refractivity contribution < 1.29 is 0 Å². The Morgan fingerprint density at radius 3 is 2.72 bits per heavy atom. The van der Waals surface area contributed by atoms with Crippen LogP contribution in [-0.2, 0) is 13.0 Å². The van der Waals surface area contributed by atoms with Gasteiger partial charge in [0, 0.05) is 18.5 Å². The van der Waals surface area contributed by atoms with E-state index in [1.165, 1.54) is 5.01 Å². The zero-order valence-corrected chi connectivity index (χ0v) is 14.6. The van der Waals surface area contributed by atoms with Crippen LogP contribution in [0.4, 0.5) is 0 Å². The van der Waals surface area contributed by atoms with E-state index in [2.05, 4.69) is 46.8 Å². The number of aromatic nitrogens is 1. The van der Waals surface area contributed by atoms with Gasteiger partial charge in [-0.1, -0.05) is 13.8 Å². The van der Waals surface area contributed by atoms with Crippen molar-refractivity contribution in [3.8, 4) is 0 Å². The van der Waals surface area contributed by atoms with E-state index in [-0.39, 0.29) is 24.0 Å². The van der Waals surface area contributed by atoms with E-state index in [0.29, 0.717) is 6.04 Å². The first-order chi connectivity index (χ1) is 8.19. The number of hydrogen-bond donors (Lipinski definition) is 2. The molecule has 0 saturated heterocycles. The van der Waals surface area contributed by atoms with Crippen molar-refractivity contribution >= 4 is 41.3 Å². The Hall–Kier alpha value is -0.370. The van der Waals surface area contributed by atoms with Gasteiger partial charge in [-0.15, -0.1) is 35.3 Å². The van der Waals surface area contributed by atoms with Gasteiger partial charge in [-0.25, -0.2) is 4.98 Å². The second-order valence-corrected chi connectivity index (χ2v) is 4.91. The Labute approximate surface area is 131 Å². The van der Waals surface area contributed by atoms with Crippen molar-refractivity contribution in [3.63, 3.8) is 0 Å². The van der Waals surface area contributed by atoms with Gasteiger partial charge in [-0.2, -0.15) is 0 Å². The molecule has 0 spiro atoms. The second-order valence-electron chi connectivity index (χ2n) is 3.97. The molecular weight excluding hydrogens is 359 g/mol. The Balaban J connectivity index is 0.00000289. The molecule has 104 valence electrons. The fourth-order valence-corrected chi connectivity index (χ4v) is 2.04. The van der Waals surface area contributed by atoms with Crippen molar-refractivity contribution in [2.24, 2.45) is 4.99 Å². The Kier molecular flexibility index (Phi) is 9.35. The van der Waals surface area contributed by atoms with Gasteiger partial charge in [0.25, 0.3) is 0 Å². The number of thiazole rings is 1. The van der Waals surface area contributed by atoms with E-state index in [9.17, 15) is 0 Å². The Morgan fingerprint density at radius 2 is 2.22 bits per heavy atom. The summed E-state index contributed by atoms with van der Waals surface area (Å²) in [5.74, 6) is 0.838. The van der Waals surface area contributed by atoms with Crippen molar-refractivity contribution in [1.82, 2.24) is 15.6 Å². The number of aliphatic imine (C=N–C) groups is 1. The molecule has 0 aliphatic rings. The highest BCUT2D eigenvalue weighted by Crippen LogP contribution is 2.09. The maximum atomic E-state index is 4.51. The Bertz CT molecular complexity index is 365. The van der Waals surface area contributed by atoms with Gasteiger partial charge in [0.2, 0.25) is 0 Å². The molecule has 0 bridgehead atoms. The maximum Gasteiger partial charge on any atom is 0.191 e. The van der Waals surface area contributed by atoms with Crippen molar-refractivity contribution in [2.75, 3.05) is 7.05 Å². The van der Waals surface area contributed by atoms with E-state index in [1.807, 2.05) is 0 Å². The van der Waals surface area contributed by atoms with Crippen LogP contribution in [0.25, 0.3) is 0 Å². The average molecular weight is 382 g/mol. The van der Waals surface area contributed by atoms with Crippen LogP contribution in [0.1, 0.15) is 37.9 Å². The highest BCUT2D eigenvalue weighted by Gasteiger charge is 2.04. The van der Waals surface area contributed by atoms with Crippen LogP contribution in [0.2, 0.25) is 0 Å². The lowest BCUT2D eigenvalue weighted by Gasteiger charge is -2.15. The fourth-order valence-electron chi connectivity index (χ4n) is 1.30. The van der Waals surface area contributed by atoms with Crippen LogP contribution >= 0.6 is 35.3 Å². The molecule has 0 aliphatic carbocycles. The molecule has 1 atom stereocenters. The van der Waals surface area contributed by atoms with Gasteiger partial charge in [-0.05, 0) is 19.8 Å². The van der Waals surface area contributed by atoms with Gasteiger partial charge in [0.05, 0.1) is 17.2 Å². The molecule has 18 heavy (non-hydrogen) atoms. The number of aryl methyl sites for hydroxylation is 1. The molecule has 0 aliphatic heterocycles. The molecule has 6 heteroatoms. The molecule has 2 N–H and O–H groups in total. The molecule has 0 fully saturated rings. The van der Waals surface area contributed by atoms with Crippen LogP contribution in [0.15, 0.2) is 10.4 Å². The lowest BCUT2D eigenvalue weighted by atomic mass is 10.3. The summed E-state index contributed by atoms with van der Waals surface area (Å²) in [7, 11) is 1.79. The number of hydrogen-bond acceptors (Lipinski definition) is 3. The lowest BCUT2D eigenvalue weighted by Crippen LogP contribution is -2.41. The molecule has 0 aromatic carbocycles. The molecule has 1 aromatic heterocycles. The maximum absolute atomic E-state index is 4.51. The van der Waals surface area contributed by atoms with E-state index < -0.39 is 0 Å². The summed E-state index contributed by atoms with van der Waals surface area (Å²) in [4.78, 5) is 8.70. The summed E-state index contributed by atoms with van der Waals surface area (Å²) in [6, 6.07) is 0.433. The zero-order chi connectivity index (χ0) is 12.7. The van der Waals surface area contributed by atoms with Crippen LogP contribution in [0, 0.1) is 0 Å². The van der Waals surface area contributed by atoms with Crippen LogP contribution < -0.4 is 10.6 Å². The summed E-state index contributed by atoms with van der Waals surface area (Å²) in [6.45, 7) is 7.15. The Morgan fingerprint density at radius 1 is 1.50 bits per heavy atom. The molecule has 0 amide bonds. The molecule has 0 radical (unpaired) electrons. The standard InChI is InChI=1S/C12H22N4S.HI/c1-5-9(3)15-12(13-4)14-7-10-8-17-11(6-2)16-10;/h8-9H,5-7H2,1-4H3,(H2,13,14,15);1H. The predicted molar refractivity (Wildman–Crippen MR) is 90.0 cm³/mol.